The van der Waals surface area contributed by atoms with Crippen LogP contribution in [0.3, 0.4) is 0 Å². The summed E-state index contributed by atoms with van der Waals surface area (Å²) in [4.78, 5) is 0. The molecular formula is C16H18ClN. The van der Waals surface area contributed by atoms with E-state index in [1.807, 2.05) is 13.0 Å². The third kappa shape index (κ3) is 2.43. The van der Waals surface area contributed by atoms with Crippen LogP contribution in [0.25, 0.3) is 11.1 Å². The van der Waals surface area contributed by atoms with Crippen LogP contribution in [0.1, 0.15) is 22.3 Å². The van der Waals surface area contributed by atoms with E-state index in [-0.39, 0.29) is 0 Å². The first-order valence-corrected chi connectivity index (χ1v) is 6.47. The van der Waals surface area contributed by atoms with Crippen LogP contribution in [-0.2, 0) is 6.54 Å². The zero-order valence-corrected chi connectivity index (χ0v) is 11.8. The Morgan fingerprint density at radius 3 is 2.22 bits per heavy atom. The highest BCUT2D eigenvalue weighted by molar-refractivity contribution is 6.31. The predicted molar refractivity (Wildman–Crippen MR) is 79.0 cm³/mol. The fraction of sp³-hybridized carbons (Fsp3) is 0.250. The summed E-state index contributed by atoms with van der Waals surface area (Å²) < 4.78 is 0. The molecule has 0 radical (unpaired) electrons. The molecule has 2 aromatic rings. The molecule has 18 heavy (non-hydrogen) atoms. The van der Waals surface area contributed by atoms with Crippen LogP contribution < -0.4 is 5.73 Å². The quantitative estimate of drug-likeness (QED) is 0.850. The highest BCUT2D eigenvalue weighted by atomic mass is 35.5. The van der Waals surface area contributed by atoms with Crippen LogP contribution >= 0.6 is 11.6 Å². The van der Waals surface area contributed by atoms with Gasteiger partial charge in [-0.2, -0.15) is 0 Å². The van der Waals surface area contributed by atoms with E-state index < -0.39 is 0 Å². The normalized spacial score (nSPS) is 10.7. The zero-order valence-electron chi connectivity index (χ0n) is 11.0. The van der Waals surface area contributed by atoms with Gasteiger partial charge in [-0.3, -0.25) is 0 Å². The Bertz CT molecular complexity index is 588. The van der Waals surface area contributed by atoms with E-state index in [2.05, 4.69) is 38.1 Å². The molecule has 2 aromatic carbocycles. The summed E-state index contributed by atoms with van der Waals surface area (Å²) in [5, 5.41) is 0.823. The minimum atomic E-state index is 0.568. The van der Waals surface area contributed by atoms with Gasteiger partial charge in [-0.1, -0.05) is 23.7 Å². The molecule has 0 aliphatic carbocycles. The molecule has 0 saturated heterocycles. The molecule has 0 heterocycles. The van der Waals surface area contributed by atoms with E-state index >= 15 is 0 Å². The molecule has 2 rings (SSSR count). The van der Waals surface area contributed by atoms with Crippen LogP contribution in [0.2, 0.25) is 5.02 Å². The molecule has 94 valence electrons. The van der Waals surface area contributed by atoms with Gasteiger partial charge in [-0.05, 0) is 72.4 Å². The number of nitrogens with two attached hydrogens (primary N) is 1. The minimum absolute atomic E-state index is 0.568. The van der Waals surface area contributed by atoms with Crippen molar-refractivity contribution in [2.75, 3.05) is 0 Å². The highest BCUT2D eigenvalue weighted by Gasteiger charge is 2.08. The van der Waals surface area contributed by atoms with E-state index in [0.717, 1.165) is 16.1 Å². The second-order valence-electron chi connectivity index (χ2n) is 4.77. The SMILES string of the molecule is Cc1cc(-c2cc(CN)ccc2C)c(C)cc1Cl. The Hall–Kier alpha value is -1.31. The molecule has 0 amide bonds. The lowest BCUT2D eigenvalue weighted by molar-refractivity contribution is 1.07. The second-order valence-corrected chi connectivity index (χ2v) is 5.18. The van der Waals surface area contributed by atoms with E-state index in [0.29, 0.717) is 6.54 Å². The summed E-state index contributed by atoms with van der Waals surface area (Å²) in [5.41, 5.74) is 12.9. The molecular weight excluding hydrogens is 242 g/mol. The van der Waals surface area contributed by atoms with E-state index in [4.69, 9.17) is 17.3 Å². The Labute approximate surface area is 114 Å². The predicted octanol–water partition coefficient (Wildman–Crippen LogP) is 4.39. The molecule has 0 bridgehead atoms. The maximum Gasteiger partial charge on any atom is 0.0438 e. The van der Waals surface area contributed by atoms with Gasteiger partial charge in [0.15, 0.2) is 0 Å². The molecule has 0 atom stereocenters. The van der Waals surface area contributed by atoms with Gasteiger partial charge in [-0.25, -0.2) is 0 Å². The van der Waals surface area contributed by atoms with Crippen molar-refractivity contribution in [2.45, 2.75) is 27.3 Å². The molecule has 0 saturated carbocycles. The highest BCUT2D eigenvalue weighted by Crippen LogP contribution is 2.31. The number of hydrogen-bond acceptors (Lipinski definition) is 1. The number of benzene rings is 2. The van der Waals surface area contributed by atoms with Crippen molar-refractivity contribution in [3.8, 4) is 11.1 Å². The van der Waals surface area contributed by atoms with Crippen molar-refractivity contribution >= 4 is 11.6 Å². The lowest BCUT2D eigenvalue weighted by Crippen LogP contribution is -1.98. The lowest BCUT2D eigenvalue weighted by Gasteiger charge is -2.13. The van der Waals surface area contributed by atoms with Crippen LogP contribution in [-0.4, -0.2) is 0 Å². The summed E-state index contributed by atoms with van der Waals surface area (Å²) in [6.07, 6.45) is 0. The largest absolute Gasteiger partial charge is 0.326 e. The molecule has 0 aliphatic rings. The van der Waals surface area contributed by atoms with Gasteiger partial charge in [0.05, 0.1) is 0 Å². The van der Waals surface area contributed by atoms with Gasteiger partial charge >= 0.3 is 0 Å². The zero-order chi connectivity index (χ0) is 13.3. The first-order chi connectivity index (χ1) is 8.52. The standard InChI is InChI=1S/C16H18ClN/c1-10-4-5-13(9-18)8-15(10)14-6-12(3)16(17)7-11(14)2/h4-8H,9,18H2,1-3H3. The number of rotatable bonds is 2. The Kier molecular flexibility index (Phi) is 3.74. The van der Waals surface area contributed by atoms with Crippen molar-refractivity contribution in [3.05, 3.63) is 57.6 Å². The third-order valence-electron chi connectivity index (χ3n) is 3.33. The van der Waals surface area contributed by atoms with Gasteiger partial charge in [0.2, 0.25) is 0 Å². The van der Waals surface area contributed by atoms with E-state index in [1.165, 1.54) is 22.3 Å². The fourth-order valence-corrected chi connectivity index (χ4v) is 2.38. The Balaban J connectivity index is 2.64. The molecule has 1 nitrogen and oxygen atoms in total. The second kappa shape index (κ2) is 5.13. The molecule has 0 fully saturated rings. The van der Waals surface area contributed by atoms with Crippen molar-refractivity contribution in [3.63, 3.8) is 0 Å². The van der Waals surface area contributed by atoms with Crippen molar-refractivity contribution in [2.24, 2.45) is 5.73 Å². The maximum atomic E-state index is 6.15. The average molecular weight is 260 g/mol. The molecule has 0 aliphatic heterocycles. The fourth-order valence-electron chi connectivity index (χ4n) is 2.16. The maximum absolute atomic E-state index is 6.15. The average Bonchev–Trinajstić information content (AvgIpc) is 2.35. The summed E-state index contributed by atoms with van der Waals surface area (Å²) in [6.45, 7) is 6.82. The molecule has 2 N–H and O–H groups in total. The van der Waals surface area contributed by atoms with Gasteiger partial charge in [0.1, 0.15) is 0 Å². The summed E-state index contributed by atoms with van der Waals surface area (Å²) >= 11 is 6.15. The number of aryl methyl sites for hydroxylation is 3. The Morgan fingerprint density at radius 1 is 0.889 bits per heavy atom. The number of hydrogen-bond donors (Lipinski definition) is 1. The van der Waals surface area contributed by atoms with Crippen LogP contribution in [0, 0.1) is 20.8 Å². The summed E-state index contributed by atoms with van der Waals surface area (Å²) in [7, 11) is 0. The van der Waals surface area contributed by atoms with Gasteiger partial charge in [0, 0.05) is 11.6 Å². The van der Waals surface area contributed by atoms with Gasteiger partial charge < -0.3 is 5.73 Å². The monoisotopic (exact) mass is 259 g/mol. The van der Waals surface area contributed by atoms with Crippen molar-refractivity contribution in [1.82, 2.24) is 0 Å². The topological polar surface area (TPSA) is 26.0 Å². The van der Waals surface area contributed by atoms with E-state index in [1.54, 1.807) is 0 Å². The first-order valence-electron chi connectivity index (χ1n) is 6.09. The van der Waals surface area contributed by atoms with Gasteiger partial charge in [-0.15, -0.1) is 0 Å². The Morgan fingerprint density at radius 2 is 1.56 bits per heavy atom. The number of halogens is 1. The summed E-state index contributed by atoms with van der Waals surface area (Å²) in [5.74, 6) is 0. The van der Waals surface area contributed by atoms with E-state index in [9.17, 15) is 0 Å². The lowest BCUT2D eigenvalue weighted by atomic mass is 9.93. The smallest absolute Gasteiger partial charge is 0.0438 e. The third-order valence-corrected chi connectivity index (χ3v) is 3.74. The first kappa shape index (κ1) is 13.1. The molecule has 0 aromatic heterocycles. The van der Waals surface area contributed by atoms with Gasteiger partial charge in [0.25, 0.3) is 0 Å². The summed E-state index contributed by atoms with van der Waals surface area (Å²) in [6, 6.07) is 10.6. The molecule has 2 heteroatoms. The van der Waals surface area contributed by atoms with Crippen LogP contribution in [0.15, 0.2) is 30.3 Å². The van der Waals surface area contributed by atoms with Crippen molar-refractivity contribution in [1.29, 1.82) is 0 Å². The minimum Gasteiger partial charge on any atom is -0.326 e. The molecule has 0 unspecified atom stereocenters. The van der Waals surface area contributed by atoms with Crippen molar-refractivity contribution < 1.29 is 0 Å². The molecule has 0 spiro atoms. The van der Waals surface area contributed by atoms with Crippen LogP contribution in [0.5, 0.6) is 0 Å². The van der Waals surface area contributed by atoms with Crippen LogP contribution in [0.4, 0.5) is 0 Å².